The third-order valence-electron chi connectivity index (χ3n) is 6.63. The lowest BCUT2D eigenvalue weighted by molar-refractivity contribution is -0.123. The van der Waals surface area contributed by atoms with Crippen LogP contribution in [-0.4, -0.2) is 64.0 Å². The maximum absolute atomic E-state index is 13.0. The summed E-state index contributed by atoms with van der Waals surface area (Å²) in [6.07, 6.45) is 1.05. The van der Waals surface area contributed by atoms with E-state index in [9.17, 15) is 4.79 Å². The van der Waals surface area contributed by atoms with Gasteiger partial charge in [-0.05, 0) is 55.7 Å². The molecule has 0 radical (unpaired) electrons. The number of aryl methyl sites for hydroxylation is 1. The predicted octanol–water partition coefficient (Wildman–Crippen LogP) is 2.65. The van der Waals surface area contributed by atoms with Gasteiger partial charge in [0.2, 0.25) is 0 Å². The summed E-state index contributed by atoms with van der Waals surface area (Å²) in [5, 5.41) is 6.49. The minimum Gasteiger partial charge on any atom is -0.478 e. The monoisotopic (exact) mass is 436 g/mol. The molecule has 0 bridgehead atoms. The molecule has 3 aliphatic heterocycles. The molecule has 0 saturated carbocycles. The van der Waals surface area contributed by atoms with E-state index in [-0.39, 0.29) is 5.91 Å². The summed E-state index contributed by atoms with van der Waals surface area (Å²) in [5.41, 5.74) is 4.24. The number of ether oxygens (including phenoxy) is 2. The van der Waals surface area contributed by atoms with Crippen LogP contribution in [0.15, 0.2) is 42.5 Å². The highest BCUT2D eigenvalue weighted by Crippen LogP contribution is 2.38. The molecule has 0 aromatic heterocycles. The van der Waals surface area contributed by atoms with Crippen molar-refractivity contribution in [2.24, 2.45) is 0 Å². The normalized spacial score (nSPS) is 23.3. The molecule has 1 amide bonds. The zero-order valence-corrected chi connectivity index (χ0v) is 18.7. The number of para-hydroxylation sites is 1. The Morgan fingerprint density at radius 3 is 2.69 bits per heavy atom. The number of piperazine rings is 1. The number of hydrogen-bond donors (Lipinski definition) is 2. The highest BCUT2D eigenvalue weighted by atomic mass is 16.5. The van der Waals surface area contributed by atoms with Crippen LogP contribution < -0.4 is 25.2 Å². The topological polar surface area (TPSA) is 66.1 Å². The molecule has 2 saturated heterocycles. The van der Waals surface area contributed by atoms with Gasteiger partial charge in [-0.1, -0.05) is 12.1 Å². The van der Waals surface area contributed by atoms with Crippen molar-refractivity contribution >= 4 is 23.0 Å². The third-order valence-corrected chi connectivity index (χ3v) is 6.63. The smallest absolute Gasteiger partial charge is 0.265 e. The van der Waals surface area contributed by atoms with Gasteiger partial charge in [-0.15, -0.1) is 0 Å². The molecule has 2 atom stereocenters. The first kappa shape index (κ1) is 21.1. The fourth-order valence-electron chi connectivity index (χ4n) is 4.80. The van der Waals surface area contributed by atoms with E-state index in [2.05, 4.69) is 57.7 Å². The first-order chi connectivity index (χ1) is 15.7. The lowest BCUT2D eigenvalue weighted by atomic mass is 9.99. The first-order valence-electron chi connectivity index (χ1n) is 11.7. The summed E-state index contributed by atoms with van der Waals surface area (Å²) in [6.45, 7) is 8.38. The summed E-state index contributed by atoms with van der Waals surface area (Å²) < 4.78 is 11.7. The zero-order chi connectivity index (χ0) is 21.9. The number of carbonyl (C=O) groups excluding carboxylic acids is 1. The molecule has 2 aromatic carbocycles. The molecule has 0 aliphatic carbocycles. The number of amides is 1. The van der Waals surface area contributed by atoms with Crippen molar-refractivity contribution in [3.05, 3.63) is 48.0 Å². The van der Waals surface area contributed by atoms with Crippen LogP contribution >= 0.6 is 0 Å². The lowest BCUT2D eigenvalue weighted by Gasteiger charge is -2.38. The van der Waals surface area contributed by atoms with Crippen molar-refractivity contribution in [2.75, 3.05) is 61.1 Å². The van der Waals surface area contributed by atoms with E-state index in [0.717, 1.165) is 75.2 Å². The van der Waals surface area contributed by atoms with Crippen molar-refractivity contribution < 1.29 is 14.3 Å². The highest BCUT2D eigenvalue weighted by Gasteiger charge is 2.30. The Hall–Kier alpha value is -2.77. The van der Waals surface area contributed by atoms with Gasteiger partial charge in [0, 0.05) is 50.1 Å². The van der Waals surface area contributed by atoms with Crippen LogP contribution in [0.2, 0.25) is 0 Å². The quantitative estimate of drug-likeness (QED) is 0.768. The molecule has 5 rings (SSSR count). The Balaban J connectivity index is 1.27. The molecule has 2 unspecified atom stereocenters. The van der Waals surface area contributed by atoms with Gasteiger partial charge in [-0.3, -0.25) is 4.79 Å². The van der Waals surface area contributed by atoms with E-state index in [0.29, 0.717) is 12.5 Å². The molecule has 32 heavy (non-hydrogen) atoms. The molecule has 2 N–H and O–H groups in total. The fourth-order valence-corrected chi connectivity index (χ4v) is 4.80. The summed E-state index contributed by atoms with van der Waals surface area (Å²) >= 11 is 0. The summed E-state index contributed by atoms with van der Waals surface area (Å²) in [4.78, 5) is 17.7. The Bertz CT molecular complexity index is 943. The number of rotatable bonds is 4. The maximum atomic E-state index is 13.0. The average Bonchev–Trinajstić information content (AvgIpc) is 2.85. The first-order valence-corrected chi connectivity index (χ1v) is 11.7. The van der Waals surface area contributed by atoms with E-state index < -0.39 is 6.10 Å². The summed E-state index contributed by atoms with van der Waals surface area (Å²) in [5.74, 6) is 0.785. The number of fused-ring (bicyclic) bond motifs is 1. The van der Waals surface area contributed by atoms with Crippen LogP contribution in [0.25, 0.3) is 0 Å². The minimum absolute atomic E-state index is 0.0852. The lowest BCUT2D eigenvalue weighted by Crippen LogP contribution is -2.50. The molecule has 0 spiro atoms. The van der Waals surface area contributed by atoms with E-state index in [1.54, 1.807) is 0 Å². The average molecular weight is 437 g/mol. The number of nitrogens with one attached hydrogen (secondary N) is 2. The fraction of sp³-hybridized carbons (Fsp3) is 0.480. The van der Waals surface area contributed by atoms with E-state index in [4.69, 9.17) is 9.47 Å². The molecule has 2 aromatic rings. The predicted molar refractivity (Wildman–Crippen MR) is 127 cm³/mol. The van der Waals surface area contributed by atoms with Crippen molar-refractivity contribution in [1.82, 2.24) is 5.32 Å². The Morgan fingerprint density at radius 2 is 1.91 bits per heavy atom. The Labute approximate surface area is 189 Å². The van der Waals surface area contributed by atoms with Gasteiger partial charge in [0.15, 0.2) is 6.10 Å². The van der Waals surface area contributed by atoms with Gasteiger partial charge in [-0.2, -0.15) is 0 Å². The highest BCUT2D eigenvalue weighted by molar-refractivity contribution is 5.95. The maximum Gasteiger partial charge on any atom is 0.265 e. The number of benzene rings is 2. The number of anilines is 3. The van der Waals surface area contributed by atoms with Crippen LogP contribution in [0.5, 0.6) is 5.75 Å². The van der Waals surface area contributed by atoms with E-state index in [1.165, 1.54) is 5.56 Å². The molecule has 170 valence electrons. The number of carbonyl (C=O) groups is 1. The second kappa shape index (κ2) is 9.38. The molecule has 3 heterocycles. The number of nitrogens with zero attached hydrogens (tertiary/aromatic N) is 2. The largest absolute Gasteiger partial charge is 0.478 e. The standard InChI is InChI=1S/C25H32N4O3/c1-18-17-26-11-12-29(18)22-4-2-3-19-5-10-23(32-24(19)22)25(30)27-20-6-8-21(9-7-20)28-13-15-31-16-14-28/h2-4,6-9,18,23,26H,5,10-17H2,1H3,(H,27,30). The third kappa shape index (κ3) is 4.40. The molecular formula is C25H32N4O3. The van der Waals surface area contributed by atoms with Gasteiger partial charge < -0.3 is 29.9 Å². The van der Waals surface area contributed by atoms with Gasteiger partial charge in [0.25, 0.3) is 5.91 Å². The Morgan fingerprint density at radius 1 is 1.09 bits per heavy atom. The van der Waals surface area contributed by atoms with E-state index >= 15 is 0 Å². The van der Waals surface area contributed by atoms with Crippen LogP contribution in [-0.2, 0) is 16.0 Å². The molecule has 3 aliphatic rings. The summed E-state index contributed by atoms with van der Waals surface area (Å²) in [7, 11) is 0. The molecular weight excluding hydrogens is 404 g/mol. The van der Waals surface area contributed by atoms with Crippen molar-refractivity contribution in [3.63, 3.8) is 0 Å². The van der Waals surface area contributed by atoms with Crippen molar-refractivity contribution in [1.29, 1.82) is 0 Å². The van der Waals surface area contributed by atoms with Gasteiger partial charge in [-0.25, -0.2) is 0 Å². The van der Waals surface area contributed by atoms with Gasteiger partial charge in [0.1, 0.15) is 5.75 Å². The van der Waals surface area contributed by atoms with E-state index in [1.807, 2.05) is 12.1 Å². The number of morpholine rings is 1. The van der Waals surface area contributed by atoms with Crippen LogP contribution in [0.4, 0.5) is 17.1 Å². The van der Waals surface area contributed by atoms with Crippen molar-refractivity contribution in [2.45, 2.75) is 31.9 Å². The number of hydrogen-bond acceptors (Lipinski definition) is 6. The van der Waals surface area contributed by atoms with Crippen LogP contribution in [0, 0.1) is 0 Å². The zero-order valence-electron chi connectivity index (χ0n) is 18.7. The van der Waals surface area contributed by atoms with Gasteiger partial charge in [0.05, 0.1) is 18.9 Å². The summed E-state index contributed by atoms with van der Waals surface area (Å²) in [6, 6.07) is 14.8. The van der Waals surface area contributed by atoms with Crippen LogP contribution in [0.1, 0.15) is 18.9 Å². The second-order valence-electron chi connectivity index (χ2n) is 8.79. The Kier molecular flexibility index (Phi) is 6.19. The molecule has 2 fully saturated rings. The van der Waals surface area contributed by atoms with Crippen LogP contribution in [0.3, 0.4) is 0 Å². The minimum atomic E-state index is -0.485. The molecule has 7 heteroatoms. The SMILES string of the molecule is CC1CNCCN1c1cccc2c1OC(C(=O)Nc1ccc(N3CCOCC3)cc1)CC2. The second-order valence-corrected chi connectivity index (χ2v) is 8.79. The molecule has 7 nitrogen and oxygen atoms in total. The van der Waals surface area contributed by atoms with Gasteiger partial charge >= 0.3 is 0 Å². The van der Waals surface area contributed by atoms with Crippen molar-refractivity contribution in [3.8, 4) is 5.75 Å².